The quantitative estimate of drug-likeness (QED) is 0.493. The van der Waals surface area contributed by atoms with Crippen LogP contribution in [0.25, 0.3) is 10.9 Å². The highest BCUT2D eigenvalue weighted by Gasteiger charge is 2.11. The van der Waals surface area contributed by atoms with Crippen LogP contribution in [0.1, 0.15) is 0 Å². The van der Waals surface area contributed by atoms with Crippen LogP contribution in [0.5, 0.6) is 17.2 Å². The fourth-order valence-electron chi connectivity index (χ4n) is 2.20. The van der Waals surface area contributed by atoms with E-state index in [1.807, 2.05) is 18.2 Å². The van der Waals surface area contributed by atoms with Crippen molar-refractivity contribution in [1.29, 1.82) is 0 Å². The van der Waals surface area contributed by atoms with E-state index < -0.39 is 0 Å². The molecule has 0 atom stereocenters. The van der Waals surface area contributed by atoms with Gasteiger partial charge in [0.1, 0.15) is 17.9 Å². The van der Waals surface area contributed by atoms with Crippen LogP contribution >= 0.6 is 22.6 Å². The molecule has 0 saturated heterocycles. The molecular weight excluding hydrogens is 409 g/mol. The number of halogens is 1. The average Bonchev–Trinajstić information content (AvgIpc) is 2.57. The molecule has 2 N–H and O–H groups in total. The third-order valence-electron chi connectivity index (χ3n) is 3.35. The lowest BCUT2D eigenvalue weighted by Gasteiger charge is -2.12. The molecule has 0 radical (unpaired) electrons. The van der Waals surface area contributed by atoms with Crippen LogP contribution in [0, 0.1) is 3.57 Å². The summed E-state index contributed by atoms with van der Waals surface area (Å²) in [4.78, 5) is 8.57. The van der Waals surface area contributed by atoms with Gasteiger partial charge in [0.05, 0.1) is 23.3 Å². The number of phenols is 1. The molecule has 1 aromatic heterocycles. The van der Waals surface area contributed by atoms with E-state index >= 15 is 0 Å². The maximum absolute atomic E-state index is 9.62. The minimum atomic E-state index is 0.245. The van der Waals surface area contributed by atoms with Crippen LogP contribution in [0.15, 0.2) is 36.7 Å². The molecule has 0 amide bonds. The van der Waals surface area contributed by atoms with E-state index in [0.717, 1.165) is 20.2 Å². The van der Waals surface area contributed by atoms with Crippen molar-refractivity contribution in [2.24, 2.45) is 0 Å². The fraction of sp³-hybridized carbons (Fsp3) is 0.125. The second kappa shape index (κ2) is 6.45. The van der Waals surface area contributed by atoms with Gasteiger partial charge in [-0.2, -0.15) is 0 Å². The van der Waals surface area contributed by atoms with Crippen molar-refractivity contribution in [2.45, 2.75) is 0 Å². The number of nitrogens with one attached hydrogen (secondary N) is 1. The van der Waals surface area contributed by atoms with Crippen LogP contribution in [-0.4, -0.2) is 29.3 Å². The van der Waals surface area contributed by atoms with Crippen molar-refractivity contribution in [3.8, 4) is 17.2 Å². The van der Waals surface area contributed by atoms with Gasteiger partial charge in [-0.3, -0.25) is 0 Å². The molecule has 0 spiro atoms. The summed E-state index contributed by atoms with van der Waals surface area (Å²) in [7, 11) is 3.17. The first-order valence-corrected chi connectivity index (χ1v) is 7.82. The molecule has 118 valence electrons. The van der Waals surface area contributed by atoms with Gasteiger partial charge in [0, 0.05) is 17.1 Å². The van der Waals surface area contributed by atoms with Crippen LogP contribution in [0.4, 0.5) is 11.5 Å². The maximum Gasteiger partial charge on any atom is 0.162 e. The van der Waals surface area contributed by atoms with Crippen molar-refractivity contribution in [2.75, 3.05) is 19.5 Å². The van der Waals surface area contributed by atoms with Gasteiger partial charge in [0.15, 0.2) is 11.5 Å². The molecule has 3 aromatic rings. The largest absolute Gasteiger partial charge is 0.507 e. The Morgan fingerprint density at radius 3 is 2.48 bits per heavy atom. The monoisotopic (exact) mass is 423 g/mol. The maximum atomic E-state index is 9.62. The molecule has 0 fully saturated rings. The SMILES string of the molecule is COc1cc2ncnc(Nc3ccc(O)c(I)c3)c2cc1OC. The number of ether oxygens (including phenoxy) is 2. The Bertz CT molecular complexity index is 871. The lowest BCUT2D eigenvalue weighted by molar-refractivity contribution is 0.356. The molecule has 0 aliphatic heterocycles. The van der Waals surface area contributed by atoms with Gasteiger partial charge in [-0.15, -0.1) is 0 Å². The highest BCUT2D eigenvalue weighted by molar-refractivity contribution is 14.1. The predicted octanol–water partition coefficient (Wildman–Crippen LogP) is 3.70. The molecule has 0 aliphatic carbocycles. The Balaban J connectivity index is 2.08. The molecule has 0 unspecified atom stereocenters. The summed E-state index contributed by atoms with van der Waals surface area (Å²) in [6, 6.07) is 8.90. The van der Waals surface area contributed by atoms with Crippen molar-refractivity contribution < 1.29 is 14.6 Å². The van der Waals surface area contributed by atoms with E-state index in [2.05, 4.69) is 37.9 Å². The number of hydrogen-bond acceptors (Lipinski definition) is 6. The van der Waals surface area contributed by atoms with Crippen molar-refractivity contribution in [3.05, 3.63) is 40.2 Å². The second-order valence-electron chi connectivity index (χ2n) is 4.74. The number of benzene rings is 2. The van der Waals surface area contributed by atoms with E-state index in [0.29, 0.717) is 17.3 Å². The number of nitrogens with zero attached hydrogens (tertiary/aromatic N) is 2. The van der Waals surface area contributed by atoms with E-state index in [1.54, 1.807) is 26.4 Å². The molecule has 6 nitrogen and oxygen atoms in total. The molecule has 0 aliphatic rings. The van der Waals surface area contributed by atoms with Crippen LogP contribution < -0.4 is 14.8 Å². The molecule has 23 heavy (non-hydrogen) atoms. The average molecular weight is 423 g/mol. The second-order valence-corrected chi connectivity index (χ2v) is 5.90. The summed E-state index contributed by atoms with van der Waals surface area (Å²) < 4.78 is 11.4. The first-order valence-electron chi connectivity index (χ1n) is 6.74. The van der Waals surface area contributed by atoms with Gasteiger partial charge >= 0.3 is 0 Å². The van der Waals surface area contributed by atoms with E-state index in [4.69, 9.17) is 9.47 Å². The third-order valence-corrected chi connectivity index (χ3v) is 4.22. The van der Waals surface area contributed by atoms with E-state index in [9.17, 15) is 5.11 Å². The summed E-state index contributed by atoms with van der Waals surface area (Å²) in [5.74, 6) is 2.12. The Labute approximate surface area is 146 Å². The predicted molar refractivity (Wildman–Crippen MR) is 96.7 cm³/mol. The van der Waals surface area contributed by atoms with Crippen LogP contribution in [-0.2, 0) is 0 Å². The van der Waals surface area contributed by atoms with Gasteiger partial charge in [-0.1, -0.05) is 0 Å². The normalized spacial score (nSPS) is 10.6. The third kappa shape index (κ3) is 3.09. The highest BCUT2D eigenvalue weighted by Crippen LogP contribution is 2.34. The van der Waals surface area contributed by atoms with Crippen molar-refractivity contribution >= 4 is 45.0 Å². The van der Waals surface area contributed by atoms with Crippen molar-refractivity contribution in [1.82, 2.24) is 9.97 Å². The van der Waals surface area contributed by atoms with Crippen LogP contribution in [0.3, 0.4) is 0 Å². The number of aromatic hydroxyl groups is 1. The summed E-state index contributed by atoms with van der Waals surface area (Å²) in [6.07, 6.45) is 1.49. The zero-order chi connectivity index (χ0) is 16.4. The molecular formula is C16H14IN3O3. The lowest BCUT2D eigenvalue weighted by atomic mass is 10.2. The van der Waals surface area contributed by atoms with Crippen molar-refractivity contribution in [3.63, 3.8) is 0 Å². The number of hydrogen-bond donors (Lipinski definition) is 2. The minimum Gasteiger partial charge on any atom is -0.507 e. The molecule has 3 rings (SSSR count). The van der Waals surface area contributed by atoms with E-state index in [1.165, 1.54) is 6.33 Å². The Kier molecular flexibility index (Phi) is 4.37. The van der Waals surface area contributed by atoms with Gasteiger partial charge < -0.3 is 19.9 Å². The van der Waals surface area contributed by atoms with E-state index in [-0.39, 0.29) is 5.75 Å². The van der Waals surface area contributed by atoms with Crippen LogP contribution in [0.2, 0.25) is 0 Å². The zero-order valence-corrected chi connectivity index (χ0v) is 14.7. The summed E-state index contributed by atoms with van der Waals surface area (Å²) in [6.45, 7) is 0. The summed E-state index contributed by atoms with van der Waals surface area (Å²) in [5, 5.41) is 13.7. The number of aromatic nitrogens is 2. The number of methoxy groups -OCH3 is 2. The molecule has 1 heterocycles. The van der Waals surface area contributed by atoms with Gasteiger partial charge in [0.2, 0.25) is 0 Å². The minimum absolute atomic E-state index is 0.245. The molecule has 2 aromatic carbocycles. The van der Waals surface area contributed by atoms with Gasteiger partial charge in [-0.05, 0) is 46.9 Å². The first-order chi connectivity index (χ1) is 11.1. The Morgan fingerprint density at radius 2 is 1.78 bits per heavy atom. The zero-order valence-electron chi connectivity index (χ0n) is 12.5. The Morgan fingerprint density at radius 1 is 1.04 bits per heavy atom. The number of fused-ring (bicyclic) bond motifs is 1. The molecule has 0 saturated carbocycles. The van der Waals surface area contributed by atoms with Gasteiger partial charge in [-0.25, -0.2) is 9.97 Å². The molecule has 7 heteroatoms. The van der Waals surface area contributed by atoms with Gasteiger partial charge in [0.25, 0.3) is 0 Å². The summed E-state index contributed by atoms with van der Waals surface area (Å²) >= 11 is 2.07. The molecule has 0 bridgehead atoms. The topological polar surface area (TPSA) is 76.5 Å². The number of phenolic OH excluding ortho intramolecular Hbond substituents is 1. The smallest absolute Gasteiger partial charge is 0.162 e. The number of anilines is 2. The standard InChI is InChI=1S/C16H14IN3O3/c1-22-14-6-10-12(7-15(14)23-2)18-8-19-16(10)20-9-3-4-13(21)11(17)5-9/h3-8,21H,1-2H3,(H,18,19,20). The fourth-order valence-corrected chi connectivity index (χ4v) is 2.72. The highest BCUT2D eigenvalue weighted by atomic mass is 127. The first kappa shape index (κ1) is 15.6. The summed E-state index contributed by atoms with van der Waals surface area (Å²) in [5.41, 5.74) is 1.57. The lowest BCUT2D eigenvalue weighted by Crippen LogP contribution is -1.98. The Hall–Kier alpha value is -2.29. The number of rotatable bonds is 4.